The van der Waals surface area contributed by atoms with Gasteiger partial charge in [0, 0.05) is 5.25 Å². The van der Waals surface area contributed by atoms with E-state index in [0.717, 1.165) is 24.3 Å². The maximum absolute atomic E-state index is 12.5. The summed E-state index contributed by atoms with van der Waals surface area (Å²) in [6.45, 7) is 4.30. The molecule has 1 saturated heterocycles. The van der Waals surface area contributed by atoms with Crippen molar-refractivity contribution in [3.63, 3.8) is 0 Å². The Balaban J connectivity index is 2.31. The van der Waals surface area contributed by atoms with E-state index in [2.05, 4.69) is 12.2 Å². The van der Waals surface area contributed by atoms with Crippen LogP contribution in [0.4, 0.5) is 5.69 Å². The van der Waals surface area contributed by atoms with Gasteiger partial charge in [-0.25, -0.2) is 4.79 Å². The minimum atomic E-state index is -0.691. The van der Waals surface area contributed by atoms with Crippen molar-refractivity contribution < 1.29 is 9.53 Å². The predicted octanol–water partition coefficient (Wildman–Crippen LogP) is 3.97. The first-order valence-electron chi connectivity index (χ1n) is 6.91. The fraction of sp³-hybridized carbons (Fsp3) is 0.533. The SMILES string of the molecule is CCOC(=O)C1(Nc2ccccc2Cl)CCCSC1C. The summed E-state index contributed by atoms with van der Waals surface area (Å²) in [5, 5.41) is 4.14. The van der Waals surface area contributed by atoms with Crippen molar-refractivity contribution >= 4 is 35.0 Å². The molecule has 1 heterocycles. The summed E-state index contributed by atoms with van der Waals surface area (Å²) in [5.74, 6) is 0.895. The number of esters is 1. The highest BCUT2D eigenvalue weighted by atomic mass is 35.5. The van der Waals surface area contributed by atoms with Gasteiger partial charge in [0.25, 0.3) is 0 Å². The number of hydrogen-bond donors (Lipinski definition) is 1. The summed E-state index contributed by atoms with van der Waals surface area (Å²) in [7, 11) is 0. The van der Waals surface area contributed by atoms with Crippen LogP contribution in [0.15, 0.2) is 24.3 Å². The van der Waals surface area contributed by atoms with Crippen LogP contribution in [0.2, 0.25) is 5.02 Å². The number of nitrogens with one attached hydrogen (secondary N) is 1. The van der Waals surface area contributed by atoms with Gasteiger partial charge in [0.1, 0.15) is 5.54 Å². The molecule has 0 saturated carbocycles. The molecule has 20 heavy (non-hydrogen) atoms. The molecule has 2 unspecified atom stereocenters. The quantitative estimate of drug-likeness (QED) is 0.854. The van der Waals surface area contributed by atoms with Crippen molar-refractivity contribution in [3.8, 4) is 0 Å². The largest absolute Gasteiger partial charge is 0.464 e. The Kier molecular flexibility index (Phi) is 5.22. The molecule has 1 aliphatic rings. The van der Waals surface area contributed by atoms with Crippen molar-refractivity contribution in [1.82, 2.24) is 0 Å². The Morgan fingerprint density at radius 1 is 1.55 bits per heavy atom. The van der Waals surface area contributed by atoms with E-state index in [1.165, 1.54) is 0 Å². The van der Waals surface area contributed by atoms with Gasteiger partial charge in [0.05, 0.1) is 17.3 Å². The second kappa shape index (κ2) is 6.72. The molecule has 1 aliphatic heterocycles. The van der Waals surface area contributed by atoms with Crippen LogP contribution in [-0.2, 0) is 9.53 Å². The Bertz CT molecular complexity index is 483. The lowest BCUT2D eigenvalue weighted by Crippen LogP contribution is -2.56. The summed E-state index contributed by atoms with van der Waals surface area (Å²) >= 11 is 8.01. The molecule has 1 fully saturated rings. The Hall–Kier alpha value is -0.870. The van der Waals surface area contributed by atoms with E-state index in [9.17, 15) is 4.79 Å². The van der Waals surface area contributed by atoms with Crippen molar-refractivity contribution in [2.45, 2.75) is 37.5 Å². The van der Waals surface area contributed by atoms with Crippen LogP contribution in [-0.4, -0.2) is 29.1 Å². The molecule has 110 valence electrons. The zero-order valence-electron chi connectivity index (χ0n) is 11.8. The molecular weight excluding hydrogens is 294 g/mol. The van der Waals surface area contributed by atoms with Gasteiger partial charge in [0.2, 0.25) is 0 Å². The number of carbonyl (C=O) groups excluding carboxylic acids is 1. The molecule has 1 N–H and O–H groups in total. The lowest BCUT2D eigenvalue weighted by Gasteiger charge is -2.41. The zero-order valence-corrected chi connectivity index (χ0v) is 13.4. The second-order valence-corrected chi connectivity index (χ2v) is 6.77. The predicted molar refractivity (Wildman–Crippen MR) is 85.6 cm³/mol. The first-order chi connectivity index (χ1) is 9.60. The fourth-order valence-electron chi connectivity index (χ4n) is 2.50. The van der Waals surface area contributed by atoms with E-state index in [-0.39, 0.29) is 11.2 Å². The average molecular weight is 314 g/mol. The third kappa shape index (κ3) is 3.07. The van der Waals surface area contributed by atoms with Gasteiger partial charge in [-0.2, -0.15) is 11.8 Å². The highest BCUT2D eigenvalue weighted by Crippen LogP contribution is 2.39. The molecule has 0 amide bonds. The van der Waals surface area contributed by atoms with Gasteiger partial charge < -0.3 is 10.1 Å². The number of rotatable bonds is 4. The van der Waals surface area contributed by atoms with Crippen molar-refractivity contribution in [2.24, 2.45) is 0 Å². The molecule has 0 aliphatic carbocycles. The zero-order chi connectivity index (χ0) is 14.6. The standard InChI is InChI=1S/C15H20ClNO2S/c1-3-19-14(18)15(9-6-10-20-11(15)2)17-13-8-5-4-7-12(13)16/h4-5,7-8,11,17H,3,6,9-10H2,1-2H3. The molecule has 0 bridgehead atoms. The molecule has 0 spiro atoms. The number of para-hydroxylation sites is 1. The van der Waals surface area contributed by atoms with E-state index < -0.39 is 5.54 Å². The van der Waals surface area contributed by atoms with Crippen LogP contribution in [0.1, 0.15) is 26.7 Å². The fourth-order valence-corrected chi connectivity index (χ4v) is 3.91. The number of hydrogen-bond acceptors (Lipinski definition) is 4. The topological polar surface area (TPSA) is 38.3 Å². The first-order valence-corrected chi connectivity index (χ1v) is 8.34. The molecule has 2 atom stereocenters. The summed E-state index contributed by atoms with van der Waals surface area (Å²) in [6, 6.07) is 7.51. The third-order valence-corrected chi connectivity index (χ3v) is 5.40. The minimum absolute atomic E-state index is 0.145. The Labute approximate surface area is 129 Å². The number of carbonyl (C=O) groups is 1. The van der Waals surface area contributed by atoms with Crippen LogP contribution in [0.5, 0.6) is 0 Å². The number of anilines is 1. The normalized spacial score (nSPS) is 26.1. The van der Waals surface area contributed by atoms with Crippen molar-refractivity contribution in [3.05, 3.63) is 29.3 Å². The summed E-state index contributed by atoms with van der Waals surface area (Å²) in [6.07, 6.45) is 1.76. The van der Waals surface area contributed by atoms with Gasteiger partial charge in [-0.1, -0.05) is 30.7 Å². The number of halogens is 1. The van der Waals surface area contributed by atoms with Gasteiger partial charge in [-0.3, -0.25) is 0 Å². The van der Waals surface area contributed by atoms with E-state index >= 15 is 0 Å². The van der Waals surface area contributed by atoms with Crippen LogP contribution in [0.25, 0.3) is 0 Å². The number of thioether (sulfide) groups is 1. The molecule has 2 rings (SSSR count). The van der Waals surface area contributed by atoms with Gasteiger partial charge in [-0.15, -0.1) is 0 Å². The maximum atomic E-state index is 12.5. The molecule has 0 radical (unpaired) electrons. The summed E-state index contributed by atoms with van der Waals surface area (Å²) < 4.78 is 5.31. The number of ether oxygens (including phenoxy) is 1. The van der Waals surface area contributed by atoms with Crippen LogP contribution in [0.3, 0.4) is 0 Å². The Morgan fingerprint density at radius 3 is 2.95 bits per heavy atom. The monoisotopic (exact) mass is 313 g/mol. The molecule has 0 aromatic heterocycles. The summed E-state index contributed by atoms with van der Waals surface area (Å²) in [5.41, 5.74) is 0.0979. The van der Waals surface area contributed by atoms with Crippen LogP contribution >= 0.6 is 23.4 Å². The maximum Gasteiger partial charge on any atom is 0.332 e. The van der Waals surface area contributed by atoms with Crippen LogP contribution in [0, 0.1) is 0 Å². The molecule has 3 nitrogen and oxygen atoms in total. The smallest absolute Gasteiger partial charge is 0.332 e. The second-order valence-electron chi connectivity index (χ2n) is 4.91. The lowest BCUT2D eigenvalue weighted by atomic mass is 9.89. The molecule has 5 heteroatoms. The summed E-state index contributed by atoms with van der Waals surface area (Å²) in [4.78, 5) is 12.5. The third-order valence-electron chi connectivity index (χ3n) is 3.65. The number of benzene rings is 1. The highest BCUT2D eigenvalue weighted by Gasteiger charge is 2.47. The van der Waals surface area contributed by atoms with E-state index in [1.807, 2.05) is 31.2 Å². The van der Waals surface area contributed by atoms with Gasteiger partial charge in [0.15, 0.2) is 0 Å². The first kappa shape index (κ1) is 15.5. The molecule has 1 aromatic carbocycles. The van der Waals surface area contributed by atoms with Gasteiger partial charge >= 0.3 is 5.97 Å². The van der Waals surface area contributed by atoms with Crippen molar-refractivity contribution in [1.29, 1.82) is 0 Å². The van der Waals surface area contributed by atoms with Gasteiger partial charge in [-0.05, 0) is 37.7 Å². The highest BCUT2D eigenvalue weighted by molar-refractivity contribution is 8.00. The van der Waals surface area contributed by atoms with E-state index in [4.69, 9.17) is 16.3 Å². The van der Waals surface area contributed by atoms with E-state index in [0.29, 0.717) is 11.6 Å². The lowest BCUT2D eigenvalue weighted by molar-refractivity contribution is -0.148. The van der Waals surface area contributed by atoms with E-state index in [1.54, 1.807) is 11.8 Å². The minimum Gasteiger partial charge on any atom is -0.464 e. The molecular formula is C15H20ClNO2S. The van der Waals surface area contributed by atoms with Crippen molar-refractivity contribution in [2.75, 3.05) is 17.7 Å². The van der Waals surface area contributed by atoms with Crippen LogP contribution < -0.4 is 5.32 Å². The Morgan fingerprint density at radius 2 is 2.30 bits per heavy atom. The average Bonchev–Trinajstić information content (AvgIpc) is 2.44. The molecule has 1 aromatic rings.